The maximum atomic E-state index is 4.89. The van der Waals surface area contributed by atoms with Gasteiger partial charge in [-0.15, -0.1) is 0 Å². The summed E-state index contributed by atoms with van der Waals surface area (Å²) in [5.74, 6) is 0. The predicted octanol–water partition coefficient (Wildman–Crippen LogP) is 8.48. The van der Waals surface area contributed by atoms with E-state index in [1.807, 2.05) is 0 Å². The summed E-state index contributed by atoms with van der Waals surface area (Å²) in [5, 5.41) is 3.22. The molecule has 0 aromatic heterocycles. The van der Waals surface area contributed by atoms with Crippen molar-refractivity contribution >= 4 is 54.7 Å². The van der Waals surface area contributed by atoms with Crippen LogP contribution in [0.25, 0.3) is 0 Å². The van der Waals surface area contributed by atoms with Crippen molar-refractivity contribution in [3.8, 4) is 0 Å². The Hall–Kier alpha value is 0.645. The molecule has 0 atom stereocenters. The van der Waals surface area contributed by atoms with E-state index in [0.717, 1.165) is 9.52 Å². The van der Waals surface area contributed by atoms with Gasteiger partial charge in [0.2, 0.25) is 0 Å². The number of hydrogen-bond donors (Lipinski definition) is 0. The van der Waals surface area contributed by atoms with Gasteiger partial charge in [0.25, 0.3) is 0 Å². The molecule has 0 nitrogen and oxygen atoms in total. The molecule has 0 fully saturated rings. The van der Waals surface area contributed by atoms with Crippen molar-refractivity contribution in [1.82, 2.24) is 0 Å². The van der Waals surface area contributed by atoms with Crippen molar-refractivity contribution in [3.05, 3.63) is 47.5 Å². The van der Waals surface area contributed by atoms with E-state index < -0.39 is 33.2 Å². The van der Waals surface area contributed by atoms with E-state index in [2.05, 4.69) is 103 Å². The standard InChI is InChI=1S/2C12H21Si.C2H7Si.2ClH.Ti/c2*1-5-6-7-11-8-9-12(10-11)13(2,3)4;1-3-2;;;/h2*8-10H,5-7H2,1-4H3;3H,1-2H3;2*1H;/q2*-1;;;;+2/p-2. The van der Waals surface area contributed by atoms with E-state index in [1.54, 1.807) is 21.5 Å². The van der Waals surface area contributed by atoms with Gasteiger partial charge in [0.15, 0.2) is 0 Å². The molecule has 0 heterocycles. The SMILES string of the molecule is CCCCc1cc([Si](C)(C)C)c[cH-]1.CCCCc1cc([Si](C)(C)C)c[cH-]1.C[SiH]C.[Cl][Ti][Cl]. The second kappa shape index (κ2) is 19.9. The van der Waals surface area contributed by atoms with Gasteiger partial charge in [0, 0.05) is 25.7 Å². The van der Waals surface area contributed by atoms with Gasteiger partial charge in [0.05, 0.1) is 0 Å². The Morgan fingerprint density at radius 1 is 0.750 bits per heavy atom. The molecule has 0 bridgehead atoms. The molecule has 1 radical (unpaired) electrons. The fraction of sp³-hybridized carbons (Fsp3) is 0.615. The Morgan fingerprint density at radius 2 is 1.03 bits per heavy atom. The second-order valence-electron chi connectivity index (χ2n) is 10.4. The zero-order chi connectivity index (χ0) is 25.2. The van der Waals surface area contributed by atoms with Crippen molar-refractivity contribution in [3.63, 3.8) is 0 Å². The van der Waals surface area contributed by atoms with Crippen LogP contribution in [0.1, 0.15) is 50.7 Å². The summed E-state index contributed by atoms with van der Waals surface area (Å²) in [4.78, 5) is 0. The minimum absolute atomic E-state index is 0.556. The van der Waals surface area contributed by atoms with Gasteiger partial charge in [-0.25, -0.2) is 22.5 Å². The maximum absolute atomic E-state index is 4.89. The molecule has 2 aromatic rings. The average Bonchev–Trinajstić information content (AvgIpc) is 3.36. The molecule has 32 heavy (non-hydrogen) atoms. The van der Waals surface area contributed by atoms with Crippen LogP contribution < -0.4 is 10.4 Å². The van der Waals surface area contributed by atoms with Crippen LogP contribution in [0.4, 0.5) is 0 Å². The molecule has 2 rings (SSSR count). The fourth-order valence-electron chi connectivity index (χ4n) is 2.99. The van der Waals surface area contributed by atoms with E-state index in [1.165, 1.54) is 38.5 Å². The van der Waals surface area contributed by atoms with Gasteiger partial charge in [-0.3, -0.25) is 0 Å². The van der Waals surface area contributed by atoms with Crippen LogP contribution in [0.15, 0.2) is 36.4 Å². The van der Waals surface area contributed by atoms with Crippen LogP contribution in [-0.2, 0) is 29.9 Å². The molecule has 0 saturated heterocycles. The third kappa shape index (κ3) is 18.0. The Bertz CT molecular complexity index is 609. The predicted molar refractivity (Wildman–Crippen MR) is 158 cm³/mol. The zero-order valence-electron chi connectivity index (χ0n) is 22.5. The fourth-order valence-corrected chi connectivity index (χ4v) is 5.39. The molecule has 0 aliphatic heterocycles. The number of unbranched alkanes of at least 4 members (excludes halogenated alkanes) is 2. The molecule has 0 aliphatic carbocycles. The third-order valence-corrected chi connectivity index (χ3v) is 9.09. The van der Waals surface area contributed by atoms with Gasteiger partial charge < -0.3 is 0 Å². The van der Waals surface area contributed by atoms with Crippen molar-refractivity contribution < 1.29 is 17.0 Å². The summed E-state index contributed by atoms with van der Waals surface area (Å²) in [6.07, 6.45) is 7.78. The Kier molecular flexibility index (Phi) is 21.6. The summed E-state index contributed by atoms with van der Waals surface area (Å²) in [6, 6.07) is 14.1. The Morgan fingerprint density at radius 3 is 1.22 bits per heavy atom. The molecule has 0 aliphatic rings. The van der Waals surface area contributed by atoms with Crippen LogP contribution in [0.5, 0.6) is 0 Å². The number of halogens is 2. The second-order valence-corrected chi connectivity index (χ2v) is 24.3. The van der Waals surface area contributed by atoms with E-state index in [0.29, 0.717) is 0 Å². The molecule has 6 heteroatoms. The first kappa shape index (κ1) is 34.8. The molecule has 185 valence electrons. The summed E-state index contributed by atoms with van der Waals surface area (Å²) in [5.41, 5.74) is 3.08. The minimum atomic E-state index is -1.05. The number of aryl methyl sites for hydroxylation is 2. The summed E-state index contributed by atoms with van der Waals surface area (Å²) in [6.45, 7) is 23.4. The Labute approximate surface area is 222 Å². The quantitative estimate of drug-likeness (QED) is 0.223. The van der Waals surface area contributed by atoms with E-state index in [-0.39, 0.29) is 0 Å². The Balaban J connectivity index is 0. The summed E-state index contributed by atoms with van der Waals surface area (Å²) in [7, 11) is 8.42. The van der Waals surface area contributed by atoms with Gasteiger partial charge in [-0.1, -0.05) is 105 Å². The molecule has 2 aromatic carbocycles. The first-order chi connectivity index (χ1) is 14.9. The van der Waals surface area contributed by atoms with Gasteiger partial charge >= 0.3 is 35.6 Å². The topological polar surface area (TPSA) is 0 Å². The van der Waals surface area contributed by atoms with Gasteiger partial charge in [-0.2, -0.15) is 35.4 Å². The van der Waals surface area contributed by atoms with Crippen LogP contribution in [0.3, 0.4) is 0 Å². The third-order valence-electron chi connectivity index (χ3n) is 5.01. The molecule has 0 N–H and O–H groups in total. The van der Waals surface area contributed by atoms with E-state index in [4.69, 9.17) is 18.6 Å². The first-order valence-corrected chi connectivity index (χ1v) is 25.7. The number of rotatable bonds is 8. The summed E-state index contributed by atoms with van der Waals surface area (Å²) < 4.78 is 0. The number of hydrogen-bond acceptors (Lipinski definition) is 0. The molecule has 0 amide bonds. The molecular formula is C26H49Cl2Si3Ti-2. The average molecular weight is 565 g/mol. The van der Waals surface area contributed by atoms with Crippen LogP contribution in [0.2, 0.25) is 52.4 Å². The van der Waals surface area contributed by atoms with Gasteiger partial charge in [0.1, 0.15) is 0 Å². The van der Waals surface area contributed by atoms with Crippen molar-refractivity contribution in [2.24, 2.45) is 0 Å². The van der Waals surface area contributed by atoms with Crippen LogP contribution >= 0.6 is 18.6 Å². The van der Waals surface area contributed by atoms with E-state index in [9.17, 15) is 0 Å². The van der Waals surface area contributed by atoms with Gasteiger partial charge in [-0.05, 0) is 0 Å². The van der Waals surface area contributed by atoms with Crippen molar-refractivity contribution in [2.75, 3.05) is 0 Å². The monoisotopic (exact) mass is 563 g/mol. The molecule has 0 unspecified atom stereocenters. The first-order valence-electron chi connectivity index (χ1n) is 12.1. The molecule has 0 spiro atoms. The zero-order valence-corrected chi connectivity index (χ0v) is 28.8. The molecule has 0 saturated carbocycles. The van der Waals surface area contributed by atoms with Crippen LogP contribution in [-0.4, -0.2) is 25.7 Å². The normalized spacial score (nSPS) is 10.8. The van der Waals surface area contributed by atoms with E-state index >= 15 is 0 Å². The van der Waals surface area contributed by atoms with Crippen molar-refractivity contribution in [1.29, 1.82) is 0 Å². The van der Waals surface area contributed by atoms with Crippen molar-refractivity contribution in [2.45, 2.75) is 105 Å². The summed E-state index contributed by atoms with van der Waals surface area (Å²) >= 11 is -0.556. The molecular weight excluding hydrogens is 515 g/mol. The van der Waals surface area contributed by atoms with Crippen LogP contribution in [0, 0.1) is 0 Å².